The van der Waals surface area contributed by atoms with Gasteiger partial charge in [-0.05, 0) is 20.4 Å². The number of hydrogen-bond acceptors (Lipinski definition) is 4. The van der Waals surface area contributed by atoms with E-state index >= 15 is 0 Å². The minimum atomic E-state index is -0.0959. The van der Waals surface area contributed by atoms with E-state index in [2.05, 4.69) is 17.1 Å². The standard InChI is InChI=1S/C12H19N3O2/c1-5-15(7-9(2)3)8-12(16)13-11-6-10(4)17-14-11/h6H,2,5,7-8H2,1,3-4H3,(H,13,14,16). The SMILES string of the molecule is C=C(C)CN(CC)CC(=O)Nc1cc(C)on1. The Hall–Kier alpha value is -1.62. The zero-order valence-electron chi connectivity index (χ0n) is 10.6. The third-order valence-corrected chi connectivity index (χ3v) is 2.20. The molecule has 0 aliphatic carbocycles. The molecule has 1 amide bonds. The van der Waals surface area contributed by atoms with Gasteiger partial charge in [-0.1, -0.05) is 24.2 Å². The molecule has 1 N–H and O–H groups in total. The van der Waals surface area contributed by atoms with Gasteiger partial charge in [0.15, 0.2) is 5.82 Å². The molecule has 1 aromatic heterocycles. The smallest absolute Gasteiger partial charge is 0.239 e. The first-order valence-electron chi connectivity index (χ1n) is 5.61. The second-order valence-electron chi connectivity index (χ2n) is 4.13. The maximum Gasteiger partial charge on any atom is 0.239 e. The fourth-order valence-corrected chi connectivity index (χ4v) is 1.47. The van der Waals surface area contributed by atoms with Crippen LogP contribution in [-0.2, 0) is 4.79 Å². The molecule has 0 fully saturated rings. The molecule has 1 rings (SSSR count). The third-order valence-electron chi connectivity index (χ3n) is 2.20. The topological polar surface area (TPSA) is 58.4 Å². The van der Waals surface area contributed by atoms with Crippen molar-refractivity contribution in [3.63, 3.8) is 0 Å². The van der Waals surface area contributed by atoms with Crippen LogP contribution in [0.5, 0.6) is 0 Å². The Morgan fingerprint density at radius 3 is 2.76 bits per heavy atom. The fraction of sp³-hybridized carbons (Fsp3) is 0.500. The molecule has 0 bridgehead atoms. The highest BCUT2D eigenvalue weighted by atomic mass is 16.5. The van der Waals surface area contributed by atoms with Crippen LogP contribution in [0, 0.1) is 6.92 Å². The molecule has 0 saturated heterocycles. The van der Waals surface area contributed by atoms with E-state index in [0.29, 0.717) is 18.1 Å². The van der Waals surface area contributed by atoms with Crippen molar-refractivity contribution < 1.29 is 9.32 Å². The van der Waals surface area contributed by atoms with Crippen LogP contribution in [-0.4, -0.2) is 35.6 Å². The molecule has 94 valence electrons. The van der Waals surface area contributed by atoms with Gasteiger partial charge in [0.2, 0.25) is 5.91 Å². The van der Waals surface area contributed by atoms with Crippen LogP contribution in [0.15, 0.2) is 22.7 Å². The summed E-state index contributed by atoms with van der Waals surface area (Å²) in [6.07, 6.45) is 0. The number of nitrogens with zero attached hydrogens (tertiary/aromatic N) is 2. The Bertz CT molecular complexity index is 398. The van der Waals surface area contributed by atoms with Crippen LogP contribution in [0.25, 0.3) is 0 Å². The van der Waals surface area contributed by atoms with E-state index in [4.69, 9.17) is 4.52 Å². The van der Waals surface area contributed by atoms with Crippen LogP contribution < -0.4 is 5.32 Å². The van der Waals surface area contributed by atoms with Crippen LogP contribution in [0.3, 0.4) is 0 Å². The number of carbonyl (C=O) groups excluding carboxylic acids is 1. The number of hydrogen-bond donors (Lipinski definition) is 1. The minimum absolute atomic E-state index is 0.0959. The maximum absolute atomic E-state index is 11.7. The van der Waals surface area contributed by atoms with Gasteiger partial charge in [-0.25, -0.2) is 0 Å². The van der Waals surface area contributed by atoms with Gasteiger partial charge >= 0.3 is 0 Å². The summed E-state index contributed by atoms with van der Waals surface area (Å²) in [5.41, 5.74) is 1.04. The molecule has 0 spiro atoms. The van der Waals surface area contributed by atoms with Crippen molar-refractivity contribution in [3.05, 3.63) is 24.0 Å². The third kappa shape index (κ3) is 4.82. The molecule has 1 aromatic rings. The highest BCUT2D eigenvalue weighted by molar-refractivity contribution is 5.91. The van der Waals surface area contributed by atoms with Crippen molar-refractivity contribution in [3.8, 4) is 0 Å². The monoisotopic (exact) mass is 237 g/mol. The average molecular weight is 237 g/mol. The molecule has 5 heteroatoms. The number of anilines is 1. The molecule has 0 radical (unpaired) electrons. The zero-order chi connectivity index (χ0) is 12.8. The van der Waals surface area contributed by atoms with Crippen molar-refractivity contribution in [2.75, 3.05) is 25.0 Å². The zero-order valence-corrected chi connectivity index (χ0v) is 10.6. The lowest BCUT2D eigenvalue weighted by Crippen LogP contribution is -2.34. The Labute approximate surface area is 101 Å². The van der Waals surface area contributed by atoms with Crippen molar-refractivity contribution in [2.24, 2.45) is 0 Å². The number of aryl methyl sites for hydroxylation is 1. The quantitative estimate of drug-likeness (QED) is 0.767. The van der Waals surface area contributed by atoms with E-state index in [0.717, 1.165) is 18.7 Å². The summed E-state index contributed by atoms with van der Waals surface area (Å²) >= 11 is 0. The highest BCUT2D eigenvalue weighted by Crippen LogP contribution is 2.07. The second kappa shape index (κ2) is 6.20. The van der Waals surface area contributed by atoms with Gasteiger partial charge in [0.05, 0.1) is 6.54 Å². The molecule has 0 saturated carbocycles. The van der Waals surface area contributed by atoms with Gasteiger partial charge < -0.3 is 9.84 Å². The van der Waals surface area contributed by atoms with E-state index in [-0.39, 0.29) is 5.91 Å². The Morgan fingerprint density at radius 1 is 1.59 bits per heavy atom. The summed E-state index contributed by atoms with van der Waals surface area (Å²) in [6.45, 7) is 11.4. The Kier molecular flexibility index (Phi) is 4.90. The molecule has 0 aliphatic heterocycles. The number of amides is 1. The van der Waals surface area contributed by atoms with Crippen molar-refractivity contribution in [1.29, 1.82) is 0 Å². The van der Waals surface area contributed by atoms with E-state index in [1.54, 1.807) is 13.0 Å². The number of carbonyl (C=O) groups is 1. The summed E-state index contributed by atoms with van der Waals surface area (Å²) < 4.78 is 4.87. The van der Waals surface area contributed by atoms with Crippen molar-refractivity contribution in [2.45, 2.75) is 20.8 Å². The molecule has 0 unspecified atom stereocenters. The number of likely N-dealkylation sites (N-methyl/N-ethyl adjacent to an activating group) is 1. The lowest BCUT2D eigenvalue weighted by molar-refractivity contribution is -0.117. The highest BCUT2D eigenvalue weighted by Gasteiger charge is 2.10. The molecule has 17 heavy (non-hydrogen) atoms. The summed E-state index contributed by atoms with van der Waals surface area (Å²) in [5.74, 6) is 1.04. The van der Waals surface area contributed by atoms with Crippen LogP contribution in [0.4, 0.5) is 5.82 Å². The summed E-state index contributed by atoms with van der Waals surface area (Å²) in [5, 5.41) is 6.39. The van der Waals surface area contributed by atoms with Gasteiger partial charge in [0.25, 0.3) is 0 Å². The lowest BCUT2D eigenvalue weighted by atomic mass is 10.3. The van der Waals surface area contributed by atoms with Gasteiger partial charge in [0.1, 0.15) is 5.76 Å². The van der Waals surface area contributed by atoms with Crippen molar-refractivity contribution >= 4 is 11.7 Å². The second-order valence-corrected chi connectivity index (χ2v) is 4.13. The molecule has 0 aromatic carbocycles. The van der Waals surface area contributed by atoms with Gasteiger partial charge in [0, 0.05) is 12.6 Å². The average Bonchev–Trinajstić information content (AvgIpc) is 2.62. The first kappa shape index (κ1) is 13.4. The summed E-state index contributed by atoms with van der Waals surface area (Å²) in [7, 11) is 0. The number of aromatic nitrogens is 1. The van der Waals surface area contributed by atoms with Gasteiger partial charge in [-0.3, -0.25) is 9.69 Å². The minimum Gasteiger partial charge on any atom is -0.360 e. The van der Waals surface area contributed by atoms with E-state index < -0.39 is 0 Å². The predicted molar refractivity (Wildman–Crippen MR) is 66.8 cm³/mol. The molecular formula is C12H19N3O2. The first-order chi connectivity index (χ1) is 8.01. The number of rotatable bonds is 6. The summed E-state index contributed by atoms with van der Waals surface area (Å²) in [6, 6.07) is 1.69. The molecule has 1 heterocycles. The lowest BCUT2D eigenvalue weighted by Gasteiger charge is -2.19. The molecule has 5 nitrogen and oxygen atoms in total. The van der Waals surface area contributed by atoms with Gasteiger partial charge in [-0.15, -0.1) is 0 Å². The van der Waals surface area contributed by atoms with Crippen LogP contribution >= 0.6 is 0 Å². The molecule has 0 atom stereocenters. The first-order valence-corrected chi connectivity index (χ1v) is 5.61. The largest absolute Gasteiger partial charge is 0.360 e. The Balaban J connectivity index is 2.45. The van der Waals surface area contributed by atoms with Crippen LogP contribution in [0.2, 0.25) is 0 Å². The maximum atomic E-state index is 11.7. The van der Waals surface area contributed by atoms with Crippen LogP contribution in [0.1, 0.15) is 19.6 Å². The number of nitrogens with one attached hydrogen (secondary N) is 1. The van der Waals surface area contributed by atoms with E-state index in [9.17, 15) is 4.79 Å². The normalized spacial score (nSPS) is 10.6. The van der Waals surface area contributed by atoms with Crippen molar-refractivity contribution in [1.82, 2.24) is 10.1 Å². The predicted octanol–water partition coefficient (Wildman–Crippen LogP) is 1.82. The molecule has 0 aliphatic rings. The van der Waals surface area contributed by atoms with Gasteiger partial charge in [-0.2, -0.15) is 0 Å². The fourth-order valence-electron chi connectivity index (χ4n) is 1.47. The molecular weight excluding hydrogens is 218 g/mol. The van der Waals surface area contributed by atoms with E-state index in [1.165, 1.54) is 0 Å². The summed E-state index contributed by atoms with van der Waals surface area (Å²) in [4.78, 5) is 13.7. The van der Waals surface area contributed by atoms with E-state index in [1.807, 2.05) is 18.7 Å². The Morgan fingerprint density at radius 2 is 2.29 bits per heavy atom.